The van der Waals surface area contributed by atoms with Gasteiger partial charge in [-0.1, -0.05) is 30.7 Å². The van der Waals surface area contributed by atoms with Crippen LogP contribution in [0.2, 0.25) is 0 Å². The summed E-state index contributed by atoms with van der Waals surface area (Å²) in [7, 11) is 5.94. The van der Waals surface area contributed by atoms with E-state index < -0.39 is 0 Å². The number of oxime groups is 1. The van der Waals surface area contributed by atoms with Gasteiger partial charge in [-0.05, 0) is 88.6 Å². The normalized spacial score (nSPS) is 44.1. The monoisotopic (exact) mass is 388 g/mol. The highest BCUT2D eigenvalue weighted by Gasteiger charge is 2.58. The highest BCUT2D eigenvalue weighted by atomic mass is 16.6. The maximum Gasteiger partial charge on any atom is 0.106 e. The lowest BCUT2D eigenvalue weighted by Gasteiger charge is -2.57. The molecule has 0 heterocycles. The minimum atomic E-state index is 0.269. The van der Waals surface area contributed by atoms with Gasteiger partial charge in [-0.2, -0.15) is 0 Å². The predicted molar refractivity (Wildman–Crippen MR) is 114 cm³/mol. The zero-order valence-corrected chi connectivity index (χ0v) is 18.7. The number of ether oxygens (including phenoxy) is 1. The Hall–Kier alpha value is -0.870. The molecule has 28 heavy (non-hydrogen) atoms. The molecular formula is C24H40N2O2. The fourth-order valence-corrected chi connectivity index (χ4v) is 7.22. The topological polar surface area (TPSA) is 34.1 Å². The van der Waals surface area contributed by atoms with Crippen LogP contribution in [0.4, 0.5) is 0 Å². The van der Waals surface area contributed by atoms with Crippen LogP contribution in [0.5, 0.6) is 0 Å². The molecule has 3 saturated carbocycles. The van der Waals surface area contributed by atoms with Crippen molar-refractivity contribution in [3.8, 4) is 0 Å². The molecule has 6 atom stereocenters. The van der Waals surface area contributed by atoms with E-state index in [9.17, 15) is 0 Å². The van der Waals surface area contributed by atoms with Gasteiger partial charge in [-0.3, -0.25) is 0 Å². The first-order chi connectivity index (χ1) is 13.4. The van der Waals surface area contributed by atoms with E-state index in [0.717, 1.165) is 43.7 Å². The molecule has 0 unspecified atom stereocenters. The van der Waals surface area contributed by atoms with Gasteiger partial charge in [0.05, 0.1) is 18.4 Å². The third-order valence-electron chi connectivity index (χ3n) is 8.89. The molecule has 0 aliphatic heterocycles. The third kappa shape index (κ3) is 3.35. The number of rotatable bonds is 5. The van der Waals surface area contributed by atoms with Crippen LogP contribution in [0, 0.1) is 28.6 Å². The lowest BCUT2D eigenvalue weighted by atomic mass is 9.48. The Morgan fingerprint density at radius 3 is 2.61 bits per heavy atom. The molecule has 4 heteroatoms. The lowest BCUT2D eigenvalue weighted by Crippen LogP contribution is -2.50. The zero-order chi connectivity index (χ0) is 19.9. The van der Waals surface area contributed by atoms with Crippen LogP contribution < -0.4 is 0 Å². The van der Waals surface area contributed by atoms with E-state index in [1.54, 1.807) is 12.7 Å². The van der Waals surface area contributed by atoms with Crippen LogP contribution in [0.3, 0.4) is 0 Å². The number of hydrogen-bond donors (Lipinski definition) is 0. The van der Waals surface area contributed by atoms with Crippen LogP contribution in [0.15, 0.2) is 16.8 Å². The number of likely N-dealkylation sites (N-methyl/N-ethyl adjacent to an activating group) is 1. The molecule has 4 aliphatic rings. The summed E-state index contributed by atoms with van der Waals surface area (Å²) in [6.07, 6.45) is 13.1. The van der Waals surface area contributed by atoms with E-state index >= 15 is 0 Å². The molecule has 158 valence electrons. The summed E-state index contributed by atoms with van der Waals surface area (Å²) in [5, 5.41) is 4.45. The van der Waals surface area contributed by atoms with Crippen molar-refractivity contribution in [1.82, 2.24) is 4.90 Å². The van der Waals surface area contributed by atoms with Gasteiger partial charge < -0.3 is 14.5 Å². The molecule has 0 N–H and O–H groups in total. The molecule has 4 aliphatic carbocycles. The Balaban J connectivity index is 1.48. The van der Waals surface area contributed by atoms with Crippen molar-refractivity contribution in [2.45, 2.75) is 71.3 Å². The number of fused-ring (bicyclic) bond motifs is 5. The first kappa shape index (κ1) is 20.4. The molecule has 0 radical (unpaired) electrons. The molecular weight excluding hydrogens is 348 g/mol. The second kappa shape index (κ2) is 7.75. The highest BCUT2D eigenvalue weighted by Crippen LogP contribution is 2.64. The van der Waals surface area contributed by atoms with Gasteiger partial charge in [-0.25, -0.2) is 0 Å². The highest BCUT2D eigenvalue weighted by molar-refractivity contribution is 5.92. The molecule has 0 amide bonds. The Bertz CT molecular complexity index is 643. The van der Waals surface area contributed by atoms with E-state index in [4.69, 9.17) is 9.57 Å². The van der Waals surface area contributed by atoms with Gasteiger partial charge in [0.2, 0.25) is 0 Å². The Kier molecular flexibility index (Phi) is 5.65. The van der Waals surface area contributed by atoms with E-state index in [0.29, 0.717) is 11.5 Å². The number of nitrogens with zero attached hydrogens (tertiary/aromatic N) is 2. The smallest absolute Gasteiger partial charge is 0.106 e. The molecule has 0 aromatic rings. The fraction of sp³-hybridized carbons (Fsp3) is 0.875. The molecule has 4 rings (SSSR count). The quantitative estimate of drug-likeness (QED) is 0.496. The SMILES string of the molecule is CO/N=C1\CC[C@H]2[C@@H]3CC=C4C[C@@H](OCCN(C)C)CC[C@]4(C)[C@H]3CC[C@]12C. The average molecular weight is 389 g/mol. The molecule has 0 spiro atoms. The predicted octanol–water partition coefficient (Wildman–Crippen LogP) is 4.90. The van der Waals surface area contributed by atoms with Crippen molar-refractivity contribution in [3.05, 3.63) is 11.6 Å². The molecule has 0 saturated heterocycles. The van der Waals surface area contributed by atoms with Crippen molar-refractivity contribution in [2.24, 2.45) is 33.7 Å². The molecule has 0 aromatic heterocycles. The summed E-state index contributed by atoms with van der Waals surface area (Å²) < 4.78 is 6.24. The van der Waals surface area contributed by atoms with Crippen LogP contribution in [-0.2, 0) is 9.57 Å². The second-order valence-corrected chi connectivity index (χ2v) is 10.5. The van der Waals surface area contributed by atoms with Crippen LogP contribution in [0.25, 0.3) is 0 Å². The van der Waals surface area contributed by atoms with Crippen molar-refractivity contribution in [1.29, 1.82) is 0 Å². The van der Waals surface area contributed by atoms with Gasteiger partial charge in [0.1, 0.15) is 7.11 Å². The summed E-state index contributed by atoms with van der Waals surface area (Å²) in [4.78, 5) is 7.41. The van der Waals surface area contributed by atoms with Crippen molar-refractivity contribution >= 4 is 5.71 Å². The lowest BCUT2D eigenvalue weighted by molar-refractivity contribution is -0.0383. The third-order valence-corrected chi connectivity index (χ3v) is 8.89. The van der Waals surface area contributed by atoms with Crippen LogP contribution >= 0.6 is 0 Å². The summed E-state index contributed by atoms with van der Waals surface area (Å²) in [6, 6.07) is 0. The van der Waals surface area contributed by atoms with Crippen LogP contribution in [-0.4, -0.2) is 51.1 Å². The summed E-state index contributed by atoms with van der Waals surface area (Å²) in [5.41, 5.74) is 3.71. The summed E-state index contributed by atoms with van der Waals surface area (Å²) >= 11 is 0. The van der Waals surface area contributed by atoms with Crippen molar-refractivity contribution < 1.29 is 9.57 Å². The average Bonchev–Trinajstić information content (AvgIpc) is 2.98. The largest absolute Gasteiger partial charge is 0.399 e. The van der Waals surface area contributed by atoms with Crippen molar-refractivity contribution in [3.63, 3.8) is 0 Å². The molecule has 3 fully saturated rings. The van der Waals surface area contributed by atoms with E-state index in [-0.39, 0.29) is 5.41 Å². The maximum atomic E-state index is 6.24. The number of allylic oxidation sites excluding steroid dienone is 1. The second-order valence-electron chi connectivity index (χ2n) is 10.5. The molecule has 0 bridgehead atoms. The van der Waals surface area contributed by atoms with Gasteiger partial charge in [0, 0.05) is 12.0 Å². The van der Waals surface area contributed by atoms with Gasteiger partial charge in [-0.15, -0.1) is 0 Å². The molecule has 4 nitrogen and oxygen atoms in total. The van der Waals surface area contributed by atoms with Gasteiger partial charge in [0.15, 0.2) is 0 Å². The zero-order valence-electron chi connectivity index (χ0n) is 18.7. The van der Waals surface area contributed by atoms with Crippen LogP contribution in [0.1, 0.15) is 65.2 Å². The minimum absolute atomic E-state index is 0.269. The Labute approximate surface area is 171 Å². The maximum absolute atomic E-state index is 6.24. The first-order valence-corrected chi connectivity index (χ1v) is 11.4. The first-order valence-electron chi connectivity index (χ1n) is 11.4. The summed E-state index contributed by atoms with van der Waals surface area (Å²) in [5.74, 6) is 2.45. The van der Waals surface area contributed by atoms with Crippen molar-refractivity contribution in [2.75, 3.05) is 34.4 Å². The minimum Gasteiger partial charge on any atom is -0.399 e. The fourth-order valence-electron chi connectivity index (χ4n) is 7.22. The van der Waals surface area contributed by atoms with E-state index in [1.165, 1.54) is 44.2 Å². The Morgan fingerprint density at radius 1 is 1.11 bits per heavy atom. The summed E-state index contributed by atoms with van der Waals surface area (Å²) in [6.45, 7) is 6.92. The van der Waals surface area contributed by atoms with Gasteiger partial charge >= 0.3 is 0 Å². The van der Waals surface area contributed by atoms with E-state index in [2.05, 4.69) is 44.1 Å². The van der Waals surface area contributed by atoms with Gasteiger partial charge in [0.25, 0.3) is 0 Å². The Morgan fingerprint density at radius 2 is 1.86 bits per heavy atom. The number of hydrogen-bond acceptors (Lipinski definition) is 4. The standard InChI is InChI=1S/C24H40N2O2/c1-23-12-10-18(28-15-14-26(3)4)16-17(23)6-7-19-20-8-9-22(25-27-5)24(20,2)13-11-21(19)23/h6,18-21H,7-16H2,1-5H3/b25-22+/t18-,19-,20-,21-,23-,24-/m0/s1. The molecule has 0 aromatic carbocycles. The van der Waals surface area contributed by atoms with E-state index in [1.807, 2.05) is 0 Å².